The second-order valence-electron chi connectivity index (χ2n) is 3.76. The summed E-state index contributed by atoms with van der Waals surface area (Å²) in [5.41, 5.74) is 0. The maximum Gasteiger partial charge on any atom is 0.266 e. The molecule has 1 aromatic heterocycles. The van der Waals surface area contributed by atoms with Crippen LogP contribution in [0, 0.1) is 0 Å². The van der Waals surface area contributed by atoms with Crippen LogP contribution in [0.15, 0.2) is 45.9 Å². The van der Waals surface area contributed by atoms with Gasteiger partial charge in [0.2, 0.25) is 0 Å². The van der Waals surface area contributed by atoms with Crippen LogP contribution < -0.4 is 9.46 Å². The summed E-state index contributed by atoms with van der Waals surface area (Å²) in [6.07, 6.45) is 1.49. The van der Waals surface area contributed by atoms with Crippen molar-refractivity contribution in [3.63, 3.8) is 0 Å². The summed E-state index contributed by atoms with van der Waals surface area (Å²) in [6.45, 7) is 0. The number of benzene rings is 1. The number of pyridine rings is 1. The molecule has 0 unspecified atom stereocenters. The third kappa shape index (κ3) is 3.41. The van der Waals surface area contributed by atoms with E-state index in [0.717, 1.165) is 0 Å². The maximum atomic E-state index is 12.3. The SMILES string of the molecule is COc1cc(Cl)ccc1S(=O)(=O)Nc1cc(Br)ccn1. The molecular weight excluding hydrogens is 368 g/mol. The van der Waals surface area contributed by atoms with E-state index in [2.05, 4.69) is 25.6 Å². The number of ether oxygens (including phenoxy) is 1. The first-order valence-electron chi connectivity index (χ1n) is 5.40. The van der Waals surface area contributed by atoms with Crippen LogP contribution in [0.3, 0.4) is 0 Å². The zero-order valence-electron chi connectivity index (χ0n) is 10.3. The molecule has 2 rings (SSSR count). The van der Waals surface area contributed by atoms with Crippen LogP contribution in [0.1, 0.15) is 0 Å². The van der Waals surface area contributed by atoms with Crippen LogP contribution >= 0.6 is 27.5 Å². The fourth-order valence-corrected chi connectivity index (χ4v) is 3.17. The molecule has 0 amide bonds. The lowest BCUT2D eigenvalue weighted by Crippen LogP contribution is -2.14. The standard InChI is InChI=1S/C12H10BrClN2O3S/c1-19-10-7-9(14)2-3-11(10)20(17,18)16-12-6-8(13)4-5-15-12/h2-7H,1H3,(H,15,16). The van der Waals surface area contributed by atoms with Crippen molar-refractivity contribution >= 4 is 43.4 Å². The first-order chi connectivity index (χ1) is 9.42. The summed E-state index contributed by atoms with van der Waals surface area (Å²) in [7, 11) is -2.43. The van der Waals surface area contributed by atoms with Gasteiger partial charge in [-0.05, 0) is 24.3 Å². The second kappa shape index (κ2) is 5.99. The van der Waals surface area contributed by atoms with Crippen molar-refractivity contribution in [1.82, 2.24) is 4.98 Å². The fourth-order valence-electron chi connectivity index (χ4n) is 1.52. The molecule has 0 aliphatic rings. The number of sulfonamides is 1. The van der Waals surface area contributed by atoms with Crippen molar-refractivity contribution in [2.24, 2.45) is 0 Å². The predicted molar refractivity (Wildman–Crippen MR) is 80.7 cm³/mol. The Hall–Kier alpha value is -1.31. The van der Waals surface area contributed by atoms with E-state index in [0.29, 0.717) is 9.50 Å². The van der Waals surface area contributed by atoms with Gasteiger partial charge in [-0.3, -0.25) is 4.72 Å². The number of anilines is 1. The quantitative estimate of drug-likeness (QED) is 0.887. The van der Waals surface area contributed by atoms with Gasteiger partial charge in [0.1, 0.15) is 16.5 Å². The van der Waals surface area contributed by atoms with Crippen molar-refractivity contribution < 1.29 is 13.2 Å². The lowest BCUT2D eigenvalue weighted by molar-refractivity contribution is 0.403. The number of hydrogen-bond donors (Lipinski definition) is 1. The molecule has 0 aliphatic heterocycles. The van der Waals surface area contributed by atoms with Gasteiger partial charge in [-0.15, -0.1) is 0 Å². The number of rotatable bonds is 4. The van der Waals surface area contributed by atoms with Crippen molar-refractivity contribution in [2.75, 3.05) is 11.8 Å². The minimum atomic E-state index is -3.81. The molecule has 0 radical (unpaired) electrons. The van der Waals surface area contributed by atoms with Gasteiger partial charge >= 0.3 is 0 Å². The van der Waals surface area contributed by atoms with Crippen molar-refractivity contribution in [3.8, 4) is 5.75 Å². The normalized spacial score (nSPS) is 11.2. The molecule has 0 bridgehead atoms. The smallest absolute Gasteiger partial charge is 0.266 e. The highest BCUT2D eigenvalue weighted by Gasteiger charge is 2.20. The summed E-state index contributed by atoms with van der Waals surface area (Å²) in [5.74, 6) is 0.372. The average molecular weight is 378 g/mol. The van der Waals surface area contributed by atoms with Gasteiger partial charge in [-0.1, -0.05) is 27.5 Å². The number of nitrogens with zero attached hydrogens (tertiary/aromatic N) is 1. The van der Waals surface area contributed by atoms with Gasteiger partial charge in [-0.2, -0.15) is 0 Å². The summed E-state index contributed by atoms with van der Waals surface area (Å²) < 4.78 is 32.8. The molecule has 8 heteroatoms. The zero-order valence-corrected chi connectivity index (χ0v) is 13.5. The van der Waals surface area contributed by atoms with E-state index >= 15 is 0 Å². The van der Waals surface area contributed by atoms with Gasteiger partial charge in [0.15, 0.2) is 0 Å². The van der Waals surface area contributed by atoms with Gasteiger partial charge < -0.3 is 4.74 Å². The molecule has 0 fully saturated rings. The lowest BCUT2D eigenvalue weighted by atomic mass is 10.3. The number of halogens is 2. The summed E-state index contributed by atoms with van der Waals surface area (Å²) in [4.78, 5) is 3.93. The topological polar surface area (TPSA) is 68.3 Å². The molecule has 0 spiro atoms. The highest BCUT2D eigenvalue weighted by atomic mass is 79.9. The number of aromatic nitrogens is 1. The molecule has 106 valence electrons. The van der Waals surface area contributed by atoms with Crippen LogP contribution in [0.4, 0.5) is 5.82 Å². The second-order valence-corrected chi connectivity index (χ2v) is 6.76. The Morgan fingerprint density at radius 2 is 2.05 bits per heavy atom. The van der Waals surface area contributed by atoms with E-state index in [9.17, 15) is 8.42 Å². The van der Waals surface area contributed by atoms with E-state index in [4.69, 9.17) is 16.3 Å². The molecule has 20 heavy (non-hydrogen) atoms. The molecule has 0 aliphatic carbocycles. The molecule has 1 aromatic carbocycles. The van der Waals surface area contributed by atoms with Crippen LogP contribution in [0.5, 0.6) is 5.75 Å². The van der Waals surface area contributed by atoms with Crippen molar-refractivity contribution in [1.29, 1.82) is 0 Å². The van der Waals surface area contributed by atoms with E-state index in [-0.39, 0.29) is 16.5 Å². The van der Waals surface area contributed by atoms with E-state index < -0.39 is 10.0 Å². The van der Waals surface area contributed by atoms with Gasteiger partial charge in [0.05, 0.1) is 7.11 Å². The predicted octanol–water partition coefficient (Wildman–Crippen LogP) is 3.31. The zero-order chi connectivity index (χ0) is 14.8. The molecule has 0 atom stereocenters. The lowest BCUT2D eigenvalue weighted by Gasteiger charge is -2.11. The van der Waals surface area contributed by atoms with Crippen LogP contribution in [-0.4, -0.2) is 20.5 Å². The molecule has 0 saturated carbocycles. The average Bonchev–Trinajstić information content (AvgIpc) is 2.37. The van der Waals surface area contributed by atoms with Crippen molar-refractivity contribution in [3.05, 3.63) is 46.0 Å². The number of hydrogen-bond acceptors (Lipinski definition) is 4. The van der Waals surface area contributed by atoms with Crippen LogP contribution in [-0.2, 0) is 10.0 Å². The van der Waals surface area contributed by atoms with Crippen LogP contribution in [0.2, 0.25) is 5.02 Å². The van der Waals surface area contributed by atoms with E-state index in [1.165, 1.54) is 31.5 Å². The molecule has 1 N–H and O–H groups in total. The Labute approximate surface area is 130 Å². The Bertz CT molecular complexity index is 737. The monoisotopic (exact) mass is 376 g/mol. The first kappa shape index (κ1) is 15.1. The molecule has 1 heterocycles. The van der Waals surface area contributed by atoms with E-state index in [1.807, 2.05) is 0 Å². The minimum Gasteiger partial charge on any atom is -0.495 e. The summed E-state index contributed by atoms with van der Waals surface area (Å²) >= 11 is 9.06. The van der Waals surface area contributed by atoms with Crippen LogP contribution in [0.25, 0.3) is 0 Å². The largest absolute Gasteiger partial charge is 0.495 e. The number of methoxy groups -OCH3 is 1. The van der Waals surface area contributed by atoms with Gasteiger partial charge in [0.25, 0.3) is 10.0 Å². The third-order valence-corrected chi connectivity index (χ3v) is 4.50. The molecule has 5 nitrogen and oxygen atoms in total. The highest BCUT2D eigenvalue weighted by Crippen LogP contribution is 2.28. The van der Waals surface area contributed by atoms with E-state index in [1.54, 1.807) is 12.1 Å². The third-order valence-electron chi connectivity index (χ3n) is 2.38. The van der Waals surface area contributed by atoms with Gasteiger partial charge in [0, 0.05) is 21.8 Å². The van der Waals surface area contributed by atoms with Crippen molar-refractivity contribution in [2.45, 2.75) is 4.90 Å². The molecule has 0 saturated heterocycles. The number of nitrogens with one attached hydrogen (secondary N) is 1. The Morgan fingerprint density at radius 1 is 1.30 bits per heavy atom. The van der Waals surface area contributed by atoms with Gasteiger partial charge in [-0.25, -0.2) is 13.4 Å². The fraction of sp³-hybridized carbons (Fsp3) is 0.0833. The minimum absolute atomic E-state index is 0.00817. The Balaban J connectivity index is 2.40. The Kier molecular flexibility index (Phi) is 4.52. The first-order valence-corrected chi connectivity index (χ1v) is 8.06. The summed E-state index contributed by atoms with van der Waals surface area (Å²) in [5, 5.41) is 0.390. The highest BCUT2D eigenvalue weighted by molar-refractivity contribution is 9.10. The molecule has 2 aromatic rings. The molecular formula is C12H10BrClN2O3S. The summed E-state index contributed by atoms with van der Waals surface area (Å²) in [6, 6.07) is 7.54. The Morgan fingerprint density at radius 3 is 2.70 bits per heavy atom. The maximum absolute atomic E-state index is 12.3.